The molecule has 1 heterocycles. The first-order valence-corrected chi connectivity index (χ1v) is 20.7. The first-order valence-electron chi connectivity index (χ1n) is 19.1. The molecular weight excluding hydrogens is 709 g/mol. The largest absolute Gasteiger partial charge is 0.379 e. The molecule has 2 fully saturated rings. The summed E-state index contributed by atoms with van der Waals surface area (Å²) in [5.41, 5.74) is 9.04. The minimum atomic E-state index is -4.24. The maximum absolute atomic E-state index is 15.0. The van der Waals surface area contributed by atoms with Gasteiger partial charge >= 0.3 is 7.60 Å². The fourth-order valence-corrected chi connectivity index (χ4v) is 9.09. The van der Waals surface area contributed by atoms with Crippen LogP contribution < -0.4 is 11.1 Å². The lowest BCUT2D eigenvalue weighted by Gasteiger charge is -2.43. The summed E-state index contributed by atoms with van der Waals surface area (Å²) in [6.07, 6.45) is 11.1. The molecule has 54 heavy (non-hydrogen) atoms. The smallest absolute Gasteiger partial charge is 0.360 e. The van der Waals surface area contributed by atoms with E-state index in [1.165, 1.54) is 19.1 Å². The molecule has 2 saturated carbocycles. The van der Waals surface area contributed by atoms with E-state index in [0.717, 1.165) is 56.1 Å². The maximum atomic E-state index is 15.0. The number of aliphatic hydroxyl groups is 1. The molecule has 14 heteroatoms. The van der Waals surface area contributed by atoms with Crippen LogP contribution in [-0.4, -0.2) is 75.5 Å². The zero-order valence-electron chi connectivity index (χ0n) is 31.5. The molecule has 13 nitrogen and oxygen atoms in total. The Morgan fingerprint density at radius 2 is 1.54 bits per heavy atom. The fraction of sp³-hybridized carbons (Fsp3) is 0.550. The molecular formula is C40H56N5O8P. The average Bonchev–Trinajstić information content (AvgIpc) is 3.91. The van der Waals surface area contributed by atoms with E-state index in [1.807, 2.05) is 60.7 Å². The first-order chi connectivity index (χ1) is 26.1. The molecule has 5 rings (SSSR count). The number of aliphatic hydroxyl groups excluding tert-OH is 1. The lowest BCUT2D eigenvalue weighted by molar-refractivity contribution is -0.149. The van der Waals surface area contributed by atoms with Gasteiger partial charge in [-0.15, -0.1) is 0 Å². The molecule has 0 spiro atoms. The second kappa shape index (κ2) is 20.3. The van der Waals surface area contributed by atoms with Crippen molar-refractivity contribution in [2.24, 2.45) is 17.6 Å². The zero-order chi connectivity index (χ0) is 38.5. The van der Waals surface area contributed by atoms with Crippen LogP contribution in [0.25, 0.3) is 0 Å². The highest BCUT2D eigenvalue weighted by Gasteiger charge is 2.48. The predicted octanol–water partition coefficient (Wildman–Crippen LogP) is 5.34. The number of imidazole rings is 1. The maximum Gasteiger partial charge on any atom is 0.360 e. The third-order valence-electron chi connectivity index (χ3n) is 10.9. The quantitative estimate of drug-likeness (QED) is 0.135. The van der Waals surface area contributed by atoms with E-state index in [2.05, 4.69) is 10.3 Å². The first kappa shape index (κ1) is 41.5. The van der Waals surface area contributed by atoms with E-state index in [0.29, 0.717) is 25.1 Å². The molecule has 1 aromatic heterocycles. The number of benzene rings is 2. The summed E-state index contributed by atoms with van der Waals surface area (Å²) < 4.78 is 32.4. The van der Waals surface area contributed by atoms with E-state index in [-0.39, 0.29) is 37.8 Å². The fourth-order valence-electron chi connectivity index (χ4n) is 7.82. The Morgan fingerprint density at radius 3 is 2.17 bits per heavy atom. The Balaban J connectivity index is 1.56. The van der Waals surface area contributed by atoms with Gasteiger partial charge in [0.2, 0.25) is 17.7 Å². The number of nitrogens with two attached hydrogens (primary N) is 1. The summed E-state index contributed by atoms with van der Waals surface area (Å²) in [7, 11) is -1.89. The lowest BCUT2D eigenvalue weighted by atomic mass is 9.84. The van der Waals surface area contributed by atoms with Crippen LogP contribution >= 0.6 is 7.60 Å². The summed E-state index contributed by atoms with van der Waals surface area (Å²) in [6, 6.07) is 15.2. The van der Waals surface area contributed by atoms with Crippen LogP contribution in [0.5, 0.6) is 0 Å². The monoisotopic (exact) mass is 765 g/mol. The van der Waals surface area contributed by atoms with Crippen molar-refractivity contribution < 1.29 is 37.8 Å². The van der Waals surface area contributed by atoms with Crippen LogP contribution in [0.1, 0.15) is 81.0 Å². The van der Waals surface area contributed by atoms with Gasteiger partial charge < -0.3 is 34.1 Å². The van der Waals surface area contributed by atoms with Crippen molar-refractivity contribution in [3.63, 3.8) is 0 Å². The van der Waals surface area contributed by atoms with Gasteiger partial charge in [-0.2, -0.15) is 0 Å². The van der Waals surface area contributed by atoms with Crippen LogP contribution in [0.2, 0.25) is 0 Å². The summed E-state index contributed by atoms with van der Waals surface area (Å²) in [5, 5.41) is 14.7. The molecule has 2 aromatic carbocycles. The van der Waals surface area contributed by atoms with E-state index in [1.54, 1.807) is 17.1 Å². The molecule has 4 atom stereocenters. The van der Waals surface area contributed by atoms with Gasteiger partial charge in [0.1, 0.15) is 12.8 Å². The van der Waals surface area contributed by atoms with Gasteiger partial charge in [0, 0.05) is 38.4 Å². The Labute approximate surface area is 318 Å². The SMILES string of the molecule is COP(=O)(OC)C(O)[C@H](CC1CCCCC1)N(C(=O)[C@@H](N)Cc1ccccc1)[C@@H](Cc1cncn1COCc1ccccc1)C(=O)NC(=O)C1CCCC1. The molecule has 0 aliphatic heterocycles. The van der Waals surface area contributed by atoms with E-state index < -0.39 is 49.3 Å². The van der Waals surface area contributed by atoms with E-state index >= 15 is 0 Å². The Kier molecular flexibility index (Phi) is 15.6. The number of carbonyl (C=O) groups excluding carboxylic acids is 3. The standard InChI is InChI=1S/C40H56N5O8P/c1-51-54(50,52-2)40(49)36(23-30-16-8-4-9-17-30)45(39(48)34(41)22-29-14-6-3-7-15-29)35(38(47)43-37(46)32-20-12-13-21-32)24-33-25-42-27-44(33)28-53-26-31-18-10-5-11-19-31/h3,5-7,10-11,14-15,18-19,25,27,30,32,34-36,40,49H,4,8-9,12-13,16-17,20-24,26,28,41H2,1-2H3,(H,43,46,47)/t34-,35-,36-,40?/m0/s1. The third kappa shape index (κ3) is 11.0. The van der Waals surface area contributed by atoms with Crippen molar-refractivity contribution in [2.75, 3.05) is 14.2 Å². The normalized spacial score (nSPS) is 17.8. The molecule has 3 aromatic rings. The molecule has 0 radical (unpaired) electrons. The van der Waals surface area contributed by atoms with Gasteiger partial charge in [-0.3, -0.25) is 24.3 Å². The number of nitrogens with one attached hydrogen (secondary N) is 1. The number of carbonyl (C=O) groups is 3. The molecule has 294 valence electrons. The Hall–Kier alpha value is -3.71. The highest BCUT2D eigenvalue weighted by atomic mass is 31.2. The van der Waals surface area contributed by atoms with Crippen molar-refractivity contribution in [1.29, 1.82) is 0 Å². The molecule has 0 saturated heterocycles. The van der Waals surface area contributed by atoms with E-state index in [4.69, 9.17) is 19.5 Å². The van der Waals surface area contributed by atoms with Crippen LogP contribution in [0.15, 0.2) is 73.2 Å². The number of hydrogen-bond acceptors (Lipinski definition) is 10. The van der Waals surface area contributed by atoms with Crippen molar-refractivity contribution >= 4 is 25.3 Å². The van der Waals surface area contributed by atoms with Crippen LogP contribution in [0.4, 0.5) is 0 Å². The molecule has 3 amide bonds. The van der Waals surface area contributed by atoms with Gasteiger partial charge in [0.05, 0.1) is 25.0 Å². The lowest BCUT2D eigenvalue weighted by Crippen LogP contribution is -2.62. The van der Waals surface area contributed by atoms with Gasteiger partial charge in [-0.05, 0) is 42.7 Å². The molecule has 1 unspecified atom stereocenters. The second-order valence-electron chi connectivity index (χ2n) is 14.5. The van der Waals surface area contributed by atoms with Gasteiger partial charge in [0.15, 0.2) is 5.85 Å². The highest BCUT2D eigenvalue weighted by molar-refractivity contribution is 7.54. The average molecular weight is 766 g/mol. The van der Waals surface area contributed by atoms with Gasteiger partial charge in [0.25, 0.3) is 0 Å². The highest BCUT2D eigenvalue weighted by Crippen LogP contribution is 2.53. The summed E-state index contributed by atoms with van der Waals surface area (Å²) >= 11 is 0. The van der Waals surface area contributed by atoms with Crippen molar-refractivity contribution in [3.8, 4) is 0 Å². The zero-order valence-corrected chi connectivity index (χ0v) is 32.4. The van der Waals surface area contributed by atoms with E-state index in [9.17, 15) is 24.1 Å². The summed E-state index contributed by atoms with van der Waals surface area (Å²) in [6.45, 7) is 0.425. The Bertz CT molecular complexity index is 1670. The van der Waals surface area contributed by atoms with Crippen LogP contribution in [0, 0.1) is 11.8 Å². The summed E-state index contributed by atoms with van der Waals surface area (Å²) in [5.74, 6) is -3.90. The summed E-state index contributed by atoms with van der Waals surface area (Å²) in [4.78, 5) is 48.7. The number of hydrogen-bond donors (Lipinski definition) is 3. The number of aromatic nitrogens is 2. The van der Waals surface area contributed by atoms with Gasteiger partial charge in [-0.25, -0.2) is 4.98 Å². The molecule has 2 aliphatic rings. The van der Waals surface area contributed by atoms with Gasteiger partial charge in [-0.1, -0.05) is 106 Å². The number of imide groups is 1. The molecule has 4 N–H and O–H groups in total. The second-order valence-corrected chi connectivity index (χ2v) is 16.9. The molecule has 0 bridgehead atoms. The predicted molar refractivity (Wildman–Crippen MR) is 204 cm³/mol. The third-order valence-corrected chi connectivity index (χ3v) is 12.9. The number of rotatable bonds is 19. The number of nitrogens with zero attached hydrogens (tertiary/aromatic N) is 3. The topological polar surface area (TPSA) is 175 Å². The van der Waals surface area contributed by atoms with Crippen molar-refractivity contribution in [3.05, 3.63) is 90.0 Å². The Morgan fingerprint density at radius 1 is 0.926 bits per heavy atom. The van der Waals surface area contributed by atoms with Crippen molar-refractivity contribution in [2.45, 2.75) is 114 Å². The van der Waals surface area contributed by atoms with Crippen molar-refractivity contribution in [1.82, 2.24) is 19.8 Å². The van der Waals surface area contributed by atoms with Crippen LogP contribution in [-0.2, 0) is 58.9 Å². The molecule has 2 aliphatic carbocycles. The minimum absolute atomic E-state index is 0.0435. The minimum Gasteiger partial charge on any atom is -0.379 e. The number of amides is 3. The number of ether oxygens (including phenoxy) is 1. The van der Waals surface area contributed by atoms with Crippen LogP contribution in [0.3, 0.4) is 0 Å².